The van der Waals surface area contributed by atoms with Crippen LogP contribution in [0, 0.1) is 0 Å². The maximum atomic E-state index is 12.4. The molecule has 3 rings (SSSR count). The smallest absolute Gasteiger partial charge is 0.227 e. The molecule has 0 aliphatic carbocycles. The van der Waals surface area contributed by atoms with Gasteiger partial charge < -0.3 is 4.90 Å². The molecule has 1 aliphatic heterocycles. The third-order valence-electron chi connectivity index (χ3n) is 4.47. The Labute approximate surface area is 154 Å². The first-order chi connectivity index (χ1) is 12.2. The van der Waals surface area contributed by atoms with E-state index in [-0.39, 0.29) is 5.91 Å². The van der Waals surface area contributed by atoms with Crippen molar-refractivity contribution in [2.24, 2.45) is 0 Å². The summed E-state index contributed by atoms with van der Waals surface area (Å²) in [5, 5.41) is 0.702. The Morgan fingerprint density at radius 3 is 2.32 bits per heavy atom. The van der Waals surface area contributed by atoms with E-state index in [1.807, 2.05) is 47.4 Å². The van der Waals surface area contributed by atoms with Crippen LogP contribution in [0.5, 0.6) is 0 Å². The van der Waals surface area contributed by atoms with Crippen LogP contribution in [-0.2, 0) is 11.2 Å². The highest BCUT2D eigenvalue weighted by atomic mass is 35.5. The minimum Gasteiger partial charge on any atom is -0.340 e. The van der Waals surface area contributed by atoms with Crippen LogP contribution in [0.2, 0.25) is 5.02 Å². The van der Waals surface area contributed by atoms with E-state index in [2.05, 4.69) is 29.2 Å². The molecule has 1 aliphatic rings. The Kier molecular flexibility index (Phi) is 6.26. The van der Waals surface area contributed by atoms with Gasteiger partial charge in [-0.1, -0.05) is 66.2 Å². The van der Waals surface area contributed by atoms with Gasteiger partial charge >= 0.3 is 0 Å². The second kappa shape index (κ2) is 8.84. The van der Waals surface area contributed by atoms with Crippen LogP contribution in [0.15, 0.2) is 60.7 Å². The van der Waals surface area contributed by atoms with Crippen molar-refractivity contribution < 1.29 is 4.79 Å². The highest BCUT2D eigenvalue weighted by molar-refractivity contribution is 6.30. The average molecular weight is 355 g/mol. The zero-order valence-electron chi connectivity index (χ0n) is 14.3. The molecule has 0 spiro atoms. The van der Waals surface area contributed by atoms with Gasteiger partial charge in [0.1, 0.15) is 0 Å². The van der Waals surface area contributed by atoms with Crippen LogP contribution in [0.3, 0.4) is 0 Å². The summed E-state index contributed by atoms with van der Waals surface area (Å²) in [6.45, 7) is 4.36. The molecule has 1 saturated heterocycles. The first-order valence-corrected chi connectivity index (χ1v) is 9.05. The summed E-state index contributed by atoms with van der Waals surface area (Å²) < 4.78 is 0. The molecule has 0 atom stereocenters. The lowest BCUT2D eigenvalue weighted by molar-refractivity contribution is -0.132. The fourth-order valence-corrected chi connectivity index (χ4v) is 3.10. The fraction of sp³-hybridized carbons (Fsp3) is 0.286. The van der Waals surface area contributed by atoms with E-state index in [9.17, 15) is 4.79 Å². The van der Waals surface area contributed by atoms with Gasteiger partial charge in [-0.05, 0) is 23.3 Å². The second-order valence-electron chi connectivity index (χ2n) is 6.30. The highest BCUT2D eigenvalue weighted by Crippen LogP contribution is 2.12. The number of carbonyl (C=O) groups is 1. The van der Waals surface area contributed by atoms with Crippen LogP contribution in [0.4, 0.5) is 0 Å². The summed E-state index contributed by atoms with van der Waals surface area (Å²) in [4.78, 5) is 16.8. The number of halogens is 1. The lowest BCUT2D eigenvalue weighted by atomic mass is 10.1. The molecule has 0 radical (unpaired) electrons. The first kappa shape index (κ1) is 17.7. The zero-order chi connectivity index (χ0) is 17.5. The average Bonchev–Trinajstić information content (AvgIpc) is 2.65. The molecule has 0 unspecified atom stereocenters. The van der Waals surface area contributed by atoms with Gasteiger partial charge in [0, 0.05) is 37.7 Å². The lowest BCUT2D eigenvalue weighted by Crippen LogP contribution is -2.49. The lowest BCUT2D eigenvalue weighted by Gasteiger charge is -2.34. The fourth-order valence-electron chi connectivity index (χ4n) is 2.97. The molecule has 0 aromatic heterocycles. The van der Waals surface area contributed by atoms with Crippen LogP contribution < -0.4 is 0 Å². The number of nitrogens with zero attached hydrogens (tertiary/aromatic N) is 2. The molecule has 130 valence electrons. The predicted molar refractivity (Wildman–Crippen MR) is 104 cm³/mol. The summed E-state index contributed by atoms with van der Waals surface area (Å²) in [5.74, 6) is 0.196. The van der Waals surface area contributed by atoms with E-state index in [4.69, 9.17) is 11.6 Å². The molecule has 3 nitrogen and oxygen atoms in total. The maximum absolute atomic E-state index is 12.4. The molecule has 0 N–H and O–H groups in total. The molecule has 0 bridgehead atoms. The molecule has 0 saturated carbocycles. The standard InChI is InChI=1S/C21H23ClN2O/c22-20-10-8-19(9-11-20)17-21(25)24-15-13-23(14-16-24)12-4-7-18-5-2-1-3-6-18/h1-11H,12-17H2/b7-4+. The third-order valence-corrected chi connectivity index (χ3v) is 4.72. The Bertz CT molecular complexity index is 704. The molecule has 1 fully saturated rings. The number of hydrogen-bond acceptors (Lipinski definition) is 2. The van der Waals surface area contributed by atoms with Gasteiger partial charge in [-0.25, -0.2) is 0 Å². The Morgan fingerprint density at radius 2 is 1.64 bits per heavy atom. The van der Waals surface area contributed by atoms with Crippen molar-refractivity contribution in [3.05, 3.63) is 76.8 Å². The van der Waals surface area contributed by atoms with Gasteiger partial charge in [-0.3, -0.25) is 9.69 Å². The molecular formula is C21H23ClN2O. The summed E-state index contributed by atoms with van der Waals surface area (Å²) in [7, 11) is 0. The maximum Gasteiger partial charge on any atom is 0.227 e. The first-order valence-electron chi connectivity index (χ1n) is 8.67. The van der Waals surface area contributed by atoms with Gasteiger partial charge in [-0.15, -0.1) is 0 Å². The van der Waals surface area contributed by atoms with Gasteiger partial charge in [0.15, 0.2) is 0 Å². The van der Waals surface area contributed by atoms with E-state index in [0.717, 1.165) is 38.3 Å². The second-order valence-corrected chi connectivity index (χ2v) is 6.73. The van der Waals surface area contributed by atoms with Gasteiger partial charge in [0.25, 0.3) is 0 Å². The van der Waals surface area contributed by atoms with E-state index in [1.54, 1.807) is 0 Å². The van der Waals surface area contributed by atoms with Crippen molar-refractivity contribution in [1.29, 1.82) is 0 Å². The van der Waals surface area contributed by atoms with Crippen molar-refractivity contribution in [3.8, 4) is 0 Å². The van der Waals surface area contributed by atoms with Crippen LogP contribution in [0.25, 0.3) is 6.08 Å². The van der Waals surface area contributed by atoms with Crippen molar-refractivity contribution >= 4 is 23.6 Å². The van der Waals surface area contributed by atoms with Gasteiger partial charge in [-0.2, -0.15) is 0 Å². The molecule has 2 aromatic carbocycles. The van der Waals surface area contributed by atoms with Gasteiger partial charge in [0.2, 0.25) is 5.91 Å². The summed E-state index contributed by atoms with van der Waals surface area (Å²) in [5.41, 5.74) is 2.24. The quantitative estimate of drug-likeness (QED) is 0.816. The minimum absolute atomic E-state index is 0.196. The molecule has 1 amide bonds. The highest BCUT2D eigenvalue weighted by Gasteiger charge is 2.20. The monoisotopic (exact) mass is 354 g/mol. The number of piperazine rings is 1. The number of rotatable bonds is 5. The Balaban J connectivity index is 1.42. The van der Waals surface area contributed by atoms with Crippen LogP contribution in [0.1, 0.15) is 11.1 Å². The molecule has 25 heavy (non-hydrogen) atoms. The van der Waals surface area contributed by atoms with E-state index >= 15 is 0 Å². The number of amides is 1. The predicted octanol–water partition coefficient (Wildman–Crippen LogP) is 3.74. The summed E-state index contributed by atoms with van der Waals surface area (Å²) in [6, 6.07) is 17.8. The molecule has 2 aromatic rings. The molecular weight excluding hydrogens is 332 g/mol. The van der Waals surface area contributed by atoms with E-state index in [0.29, 0.717) is 11.4 Å². The van der Waals surface area contributed by atoms with Crippen molar-refractivity contribution in [1.82, 2.24) is 9.80 Å². The topological polar surface area (TPSA) is 23.6 Å². The van der Waals surface area contributed by atoms with E-state index < -0.39 is 0 Å². The van der Waals surface area contributed by atoms with Crippen molar-refractivity contribution in [2.45, 2.75) is 6.42 Å². The zero-order valence-corrected chi connectivity index (χ0v) is 15.0. The number of hydrogen-bond donors (Lipinski definition) is 0. The van der Waals surface area contributed by atoms with Crippen molar-refractivity contribution in [3.63, 3.8) is 0 Å². The van der Waals surface area contributed by atoms with Gasteiger partial charge in [0.05, 0.1) is 6.42 Å². The third kappa shape index (κ3) is 5.45. The SMILES string of the molecule is O=C(Cc1ccc(Cl)cc1)N1CCN(C/C=C/c2ccccc2)CC1. The summed E-state index contributed by atoms with van der Waals surface area (Å²) in [6.07, 6.45) is 4.80. The van der Waals surface area contributed by atoms with Crippen molar-refractivity contribution in [2.75, 3.05) is 32.7 Å². The number of carbonyl (C=O) groups excluding carboxylic acids is 1. The minimum atomic E-state index is 0.196. The molecule has 4 heteroatoms. The Hall–Kier alpha value is -2.10. The van der Waals surface area contributed by atoms with E-state index in [1.165, 1.54) is 5.56 Å². The Morgan fingerprint density at radius 1 is 0.960 bits per heavy atom. The van der Waals surface area contributed by atoms with Crippen LogP contribution >= 0.6 is 11.6 Å². The normalized spacial score (nSPS) is 15.6. The largest absolute Gasteiger partial charge is 0.340 e. The number of benzene rings is 2. The molecule has 1 heterocycles. The summed E-state index contributed by atoms with van der Waals surface area (Å²) >= 11 is 5.89. The van der Waals surface area contributed by atoms with Crippen LogP contribution in [-0.4, -0.2) is 48.4 Å².